The number of benzene rings is 1. The molecule has 1 aliphatic heterocycles. The van der Waals surface area contributed by atoms with E-state index in [9.17, 15) is 14.7 Å². The molecule has 0 bridgehead atoms. The number of carbonyl (C=O) groups excluding carboxylic acids is 2. The van der Waals surface area contributed by atoms with Gasteiger partial charge in [0.05, 0.1) is 12.6 Å². The maximum Gasteiger partial charge on any atom is 0.229 e. The van der Waals surface area contributed by atoms with Gasteiger partial charge in [-0.15, -0.1) is 0 Å². The van der Waals surface area contributed by atoms with Crippen molar-refractivity contribution < 1.29 is 14.7 Å². The summed E-state index contributed by atoms with van der Waals surface area (Å²) in [7, 11) is 0. The van der Waals surface area contributed by atoms with Gasteiger partial charge in [0.25, 0.3) is 0 Å². The smallest absolute Gasteiger partial charge is 0.229 e. The van der Waals surface area contributed by atoms with Gasteiger partial charge in [0.1, 0.15) is 0 Å². The Morgan fingerprint density at radius 2 is 1.72 bits per heavy atom. The van der Waals surface area contributed by atoms with E-state index in [0.29, 0.717) is 25.7 Å². The molecule has 4 nitrogen and oxygen atoms in total. The summed E-state index contributed by atoms with van der Waals surface area (Å²) in [6, 6.07) is 9.15. The monoisotopic (exact) mass is 247 g/mol. The third kappa shape index (κ3) is 2.76. The molecule has 2 amide bonds. The Labute approximate surface area is 106 Å². The second-order valence-corrected chi connectivity index (χ2v) is 4.54. The normalized spacial score (nSPS) is 17.9. The van der Waals surface area contributed by atoms with E-state index in [1.54, 1.807) is 0 Å². The molecule has 1 fully saturated rings. The molecule has 1 aliphatic rings. The van der Waals surface area contributed by atoms with Gasteiger partial charge in [0, 0.05) is 12.8 Å². The fraction of sp³-hybridized carbons (Fsp3) is 0.429. The molecule has 1 heterocycles. The van der Waals surface area contributed by atoms with Gasteiger partial charge < -0.3 is 5.11 Å². The van der Waals surface area contributed by atoms with Gasteiger partial charge in [-0.1, -0.05) is 30.3 Å². The van der Waals surface area contributed by atoms with Crippen molar-refractivity contribution in [2.24, 2.45) is 0 Å². The molecule has 1 saturated heterocycles. The molecule has 0 aromatic heterocycles. The summed E-state index contributed by atoms with van der Waals surface area (Å²) < 4.78 is 0. The maximum absolute atomic E-state index is 11.8. The zero-order chi connectivity index (χ0) is 13.0. The van der Waals surface area contributed by atoms with Crippen LogP contribution in [0.3, 0.4) is 0 Å². The van der Waals surface area contributed by atoms with Crippen molar-refractivity contribution in [1.82, 2.24) is 4.90 Å². The quantitative estimate of drug-likeness (QED) is 0.811. The third-order valence-electron chi connectivity index (χ3n) is 3.21. The zero-order valence-electron chi connectivity index (χ0n) is 10.2. The Hall–Kier alpha value is -1.68. The first-order valence-electron chi connectivity index (χ1n) is 6.22. The maximum atomic E-state index is 11.8. The molecule has 1 aromatic rings. The van der Waals surface area contributed by atoms with E-state index in [0.717, 1.165) is 5.56 Å². The summed E-state index contributed by atoms with van der Waals surface area (Å²) in [4.78, 5) is 24.8. The first-order valence-corrected chi connectivity index (χ1v) is 6.22. The van der Waals surface area contributed by atoms with Gasteiger partial charge in [0.2, 0.25) is 11.8 Å². The van der Waals surface area contributed by atoms with Crippen molar-refractivity contribution in [2.45, 2.75) is 31.7 Å². The van der Waals surface area contributed by atoms with Gasteiger partial charge in [0.15, 0.2) is 0 Å². The summed E-state index contributed by atoms with van der Waals surface area (Å²) in [5, 5.41) is 9.43. The predicted molar refractivity (Wildman–Crippen MR) is 66.7 cm³/mol. The number of aliphatic hydroxyl groups is 1. The minimum Gasteiger partial charge on any atom is -0.394 e. The Morgan fingerprint density at radius 1 is 1.11 bits per heavy atom. The average Bonchev–Trinajstić information content (AvgIpc) is 2.38. The molecule has 0 aliphatic carbocycles. The second-order valence-electron chi connectivity index (χ2n) is 4.54. The summed E-state index contributed by atoms with van der Waals surface area (Å²) in [5.74, 6) is -0.331. The number of hydrogen-bond acceptors (Lipinski definition) is 3. The van der Waals surface area contributed by atoms with Gasteiger partial charge in [-0.25, -0.2) is 0 Å². The standard InChI is InChI=1S/C14H17NO3/c16-10-12(9-11-5-2-1-3-6-11)15-13(17)7-4-8-14(15)18/h1-3,5-6,12,16H,4,7-10H2/t12-/m1/s1. The predicted octanol–water partition coefficient (Wildman–Crippen LogP) is 1.13. The number of nitrogens with zero attached hydrogens (tertiary/aromatic N) is 1. The molecule has 18 heavy (non-hydrogen) atoms. The Balaban J connectivity index is 2.12. The molecular formula is C14H17NO3. The lowest BCUT2D eigenvalue weighted by Gasteiger charge is -2.31. The van der Waals surface area contributed by atoms with Crippen molar-refractivity contribution >= 4 is 11.8 Å². The van der Waals surface area contributed by atoms with E-state index in [1.165, 1.54) is 4.90 Å². The molecule has 2 rings (SSSR count). The highest BCUT2D eigenvalue weighted by Crippen LogP contribution is 2.18. The highest BCUT2D eigenvalue weighted by molar-refractivity contribution is 5.97. The molecule has 0 spiro atoms. The largest absolute Gasteiger partial charge is 0.394 e. The van der Waals surface area contributed by atoms with Gasteiger partial charge in [-0.3, -0.25) is 14.5 Å². The van der Waals surface area contributed by atoms with Crippen LogP contribution in [0.15, 0.2) is 30.3 Å². The number of carbonyl (C=O) groups is 2. The van der Waals surface area contributed by atoms with Crippen LogP contribution in [0.5, 0.6) is 0 Å². The van der Waals surface area contributed by atoms with Gasteiger partial charge >= 0.3 is 0 Å². The van der Waals surface area contributed by atoms with Crippen LogP contribution in [-0.2, 0) is 16.0 Å². The number of imide groups is 1. The van der Waals surface area contributed by atoms with Crippen LogP contribution in [0, 0.1) is 0 Å². The second kappa shape index (κ2) is 5.78. The van der Waals surface area contributed by atoms with Gasteiger partial charge in [-0.05, 0) is 18.4 Å². The summed E-state index contributed by atoms with van der Waals surface area (Å²) in [5.41, 5.74) is 1.02. The number of aliphatic hydroxyl groups excluding tert-OH is 1. The minimum atomic E-state index is -0.437. The number of amides is 2. The van der Waals surface area contributed by atoms with E-state index in [2.05, 4.69) is 0 Å². The van der Waals surface area contributed by atoms with Crippen LogP contribution < -0.4 is 0 Å². The molecule has 1 N–H and O–H groups in total. The van der Waals surface area contributed by atoms with Crippen molar-refractivity contribution in [3.05, 3.63) is 35.9 Å². The topological polar surface area (TPSA) is 57.6 Å². The molecule has 1 atom stereocenters. The van der Waals surface area contributed by atoms with E-state index in [-0.39, 0.29) is 18.4 Å². The molecular weight excluding hydrogens is 230 g/mol. The fourth-order valence-corrected chi connectivity index (χ4v) is 2.30. The molecule has 1 aromatic carbocycles. The SMILES string of the molecule is O=C1CCCC(=O)N1[C@@H](CO)Cc1ccccc1. The molecule has 0 saturated carbocycles. The molecule has 4 heteroatoms. The lowest BCUT2D eigenvalue weighted by atomic mass is 10.0. The van der Waals surface area contributed by atoms with Crippen LogP contribution in [0.25, 0.3) is 0 Å². The summed E-state index contributed by atoms with van der Waals surface area (Å²) >= 11 is 0. The number of hydrogen-bond donors (Lipinski definition) is 1. The van der Waals surface area contributed by atoms with Crippen molar-refractivity contribution in [2.75, 3.05) is 6.61 Å². The van der Waals surface area contributed by atoms with E-state index < -0.39 is 6.04 Å². The average molecular weight is 247 g/mol. The third-order valence-corrected chi connectivity index (χ3v) is 3.21. The Kier molecular flexibility index (Phi) is 4.10. The van der Waals surface area contributed by atoms with Crippen LogP contribution in [-0.4, -0.2) is 34.5 Å². The fourth-order valence-electron chi connectivity index (χ4n) is 2.30. The lowest BCUT2D eigenvalue weighted by Crippen LogP contribution is -2.49. The number of piperidine rings is 1. The summed E-state index contributed by atoms with van der Waals surface area (Å²) in [6.45, 7) is -0.188. The minimum absolute atomic E-state index is 0.166. The Morgan fingerprint density at radius 3 is 2.28 bits per heavy atom. The first-order chi connectivity index (χ1) is 8.72. The molecule has 0 radical (unpaired) electrons. The van der Waals surface area contributed by atoms with Crippen LogP contribution in [0.1, 0.15) is 24.8 Å². The zero-order valence-corrected chi connectivity index (χ0v) is 10.2. The molecule has 96 valence electrons. The highest BCUT2D eigenvalue weighted by atomic mass is 16.3. The van der Waals surface area contributed by atoms with Crippen molar-refractivity contribution in [1.29, 1.82) is 0 Å². The van der Waals surface area contributed by atoms with Crippen molar-refractivity contribution in [3.8, 4) is 0 Å². The highest BCUT2D eigenvalue weighted by Gasteiger charge is 2.31. The number of rotatable bonds is 4. The van der Waals surface area contributed by atoms with E-state index in [1.807, 2.05) is 30.3 Å². The number of likely N-dealkylation sites (tertiary alicyclic amines) is 1. The van der Waals surface area contributed by atoms with Crippen LogP contribution in [0.4, 0.5) is 0 Å². The molecule has 0 unspecified atom stereocenters. The van der Waals surface area contributed by atoms with Crippen LogP contribution in [0.2, 0.25) is 0 Å². The van der Waals surface area contributed by atoms with Gasteiger partial charge in [-0.2, -0.15) is 0 Å². The first kappa shape index (κ1) is 12.8. The van der Waals surface area contributed by atoms with Crippen molar-refractivity contribution in [3.63, 3.8) is 0 Å². The van der Waals surface area contributed by atoms with E-state index in [4.69, 9.17) is 0 Å². The van der Waals surface area contributed by atoms with E-state index >= 15 is 0 Å². The van der Waals surface area contributed by atoms with Crippen LogP contribution >= 0.6 is 0 Å². The summed E-state index contributed by atoms with van der Waals surface area (Å²) in [6.07, 6.45) is 1.93. The lowest BCUT2D eigenvalue weighted by molar-refractivity contribution is -0.151. The Bertz CT molecular complexity index is 414.